The number of carbonyl (C=O) groups is 2. The Balaban J connectivity index is 1.54. The lowest BCUT2D eigenvalue weighted by atomic mass is 10.1. The number of para-hydroxylation sites is 1. The van der Waals surface area contributed by atoms with Crippen LogP contribution < -0.4 is 5.32 Å². The Morgan fingerprint density at radius 3 is 2.78 bits per heavy atom. The number of aromatic amines is 1. The van der Waals surface area contributed by atoms with Crippen LogP contribution in [0.4, 0.5) is 0 Å². The highest BCUT2D eigenvalue weighted by atomic mass is 16.2. The molecule has 0 spiro atoms. The van der Waals surface area contributed by atoms with Gasteiger partial charge in [-0.2, -0.15) is 0 Å². The molecule has 5 nitrogen and oxygen atoms in total. The molecule has 0 atom stereocenters. The predicted molar refractivity (Wildman–Crippen MR) is 90.0 cm³/mol. The number of amides is 2. The van der Waals surface area contributed by atoms with Crippen molar-refractivity contribution in [3.05, 3.63) is 36.0 Å². The number of rotatable bonds is 7. The van der Waals surface area contributed by atoms with E-state index < -0.39 is 0 Å². The van der Waals surface area contributed by atoms with Crippen molar-refractivity contribution >= 4 is 22.7 Å². The molecule has 1 aliphatic rings. The molecule has 0 aliphatic heterocycles. The summed E-state index contributed by atoms with van der Waals surface area (Å²) in [5.74, 6) is 0.0647. The maximum atomic E-state index is 11.8. The summed E-state index contributed by atoms with van der Waals surface area (Å²) in [4.78, 5) is 28.6. The fourth-order valence-electron chi connectivity index (χ4n) is 2.78. The maximum Gasteiger partial charge on any atom is 0.221 e. The molecular weight excluding hydrogens is 290 g/mol. The van der Waals surface area contributed by atoms with Crippen LogP contribution in [0.1, 0.15) is 31.7 Å². The van der Waals surface area contributed by atoms with Crippen molar-refractivity contribution in [2.75, 3.05) is 13.1 Å². The van der Waals surface area contributed by atoms with Gasteiger partial charge >= 0.3 is 0 Å². The fraction of sp³-hybridized carbons (Fsp3) is 0.444. The van der Waals surface area contributed by atoms with E-state index in [1.807, 2.05) is 24.4 Å². The third-order valence-electron chi connectivity index (χ3n) is 4.32. The van der Waals surface area contributed by atoms with Gasteiger partial charge in [0.25, 0.3) is 0 Å². The average Bonchev–Trinajstić information content (AvgIpc) is 3.25. The van der Waals surface area contributed by atoms with E-state index >= 15 is 0 Å². The van der Waals surface area contributed by atoms with Gasteiger partial charge < -0.3 is 15.2 Å². The fourth-order valence-corrected chi connectivity index (χ4v) is 2.78. The lowest BCUT2D eigenvalue weighted by molar-refractivity contribution is -0.129. The molecule has 0 unspecified atom stereocenters. The maximum absolute atomic E-state index is 11.8. The quantitative estimate of drug-likeness (QED) is 0.823. The van der Waals surface area contributed by atoms with E-state index in [-0.39, 0.29) is 11.8 Å². The number of fused-ring (bicyclic) bond motifs is 1. The molecule has 0 bridgehead atoms. The number of hydrogen-bond donors (Lipinski definition) is 2. The Bertz CT molecular complexity index is 703. The lowest BCUT2D eigenvalue weighted by Gasteiger charge is -2.20. The highest BCUT2D eigenvalue weighted by Gasteiger charge is 2.23. The van der Waals surface area contributed by atoms with Crippen molar-refractivity contribution in [1.82, 2.24) is 15.2 Å². The van der Waals surface area contributed by atoms with Gasteiger partial charge in [0.05, 0.1) is 0 Å². The number of hydrogen-bond acceptors (Lipinski definition) is 2. The topological polar surface area (TPSA) is 65.2 Å². The van der Waals surface area contributed by atoms with Crippen LogP contribution in [0, 0.1) is 0 Å². The molecule has 3 rings (SSSR count). The molecule has 0 saturated heterocycles. The average molecular weight is 313 g/mol. The van der Waals surface area contributed by atoms with E-state index in [1.165, 1.54) is 10.9 Å². The molecule has 5 heteroatoms. The van der Waals surface area contributed by atoms with E-state index in [9.17, 15) is 9.59 Å². The minimum absolute atomic E-state index is 0.0177. The van der Waals surface area contributed by atoms with Crippen molar-refractivity contribution in [2.24, 2.45) is 0 Å². The SMILES string of the molecule is CC(=O)N(CCC(=O)NC1CC1)CCc1c[nH]c2ccccc12. The molecule has 1 aromatic carbocycles. The van der Waals surface area contributed by atoms with E-state index in [2.05, 4.69) is 16.4 Å². The molecule has 1 heterocycles. The number of nitrogens with zero attached hydrogens (tertiary/aromatic N) is 1. The molecule has 0 radical (unpaired) electrons. The molecule has 1 aromatic heterocycles. The zero-order chi connectivity index (χ0) is 16.2. The van der Waals surface area contributed by atoms with Crippen LogP contribution in [0.2, 0.25) is 0 Å². The van der Waals surface area contributed by atoms with Crippen LogP contribution in [-0.4, -0.2) is 40.8 Å². The molecule has 2 N–H and O–H groups in total. The molecular formula is C18H23N3O2. The van der Waals surface area contributed by atoms with Gasteiger partial charge in [0.15, 0.2) is 0 Å². The van der Waals surface area contributed by atoms with Crippen LogP contribution in [-0.2, 0) is 16.0 Å². The largest absolute Gasteiger partial charge is 0.361 e. The molecule has 23 heavy (non-hydrogen) atoms. The second-order valence-electron chi connectivity index (χ2n) is 6.21. The van der Waals surface area contributed by atoms with Crippen LogP contribution in [0.5, 0.6) is 0 Å². The first-order valence-electron chi connectivity index (χ1n) is 8.23. The Kier molecular flexibility index (Phi) is 4.65. The number of benzene rings is 1. The standard InChI is InChI=1S/C18H23N3O2/c1-13(22)21(11-9-18(23)20-15-6-7-15)10-8-14-12-19-17-5-3-2-4-16(14)17/h2-5,12,15,19H,6-11H2,1H3,(H,20,23). The normalized spacial score (nSPS) is 14.0. The second-order valence-corrected chi connectivity index (χ2v) is 6.21. The smallest absolute Gasteiger partial charge is 0.221 e. The monoisotopic (exact) mass is 313 g/mol. The highest BCUT2D eigenvalue weighted by molar-refractivity contribution is 5.83. The van der Waals surface area contributed by atoms with Crippen molar-refractivity contribution in [2.45, 2.75) is 38.6 Å². The summed E-state index contributed by atoms with van der Waals surface area (Å²) >= 11 is 0. The summed E-state index contributed by atoms with van der Waals surface area (Å²) in [6.45, 7) is 2.68. The second kappa shape index (κ2) is 6.86. The summed E-state index contributed by atoms with van der Waals surface area (Å²) in [5, 5.41) is 4.16. The molecule has 1 aliphatic carbocycles. The molecule has 1 fully saturated rings. The van der Waals surface area contributed by atoms with Crippen LogP contribution in [0.15, 0.2) is 30.5 Å². The highest BCUT2D eigenvalue weighted by Crippen LogP contribution is 2.19. The zero-order valence-electron chi connectivity index (χ0n) is 13.5. The molecule has 2 aromatic rings. The van der Waals surface area contributed by atoms with Gasteiger partial charge in [0, 0.05) is 49.6 Å². The van der Waals surface area contributed by atoms with Gasteiger partial charge in [-0.05, 0) is 30.9 Å². The van der Waals surface area contributed by atoms with Gasteiger partial charge in [-0.3, -0.25) is 9.59 Å². The first-order chi connectivity index (χ1) is 11.1. The van der Waals surface area contributed by atoms with Gasteiger partial charge in [-0.1, -0.05) is 18.2 Å². The Morgan fingerprint density at radius 2 is 2.04 bits per heavy atom. The summed E-state index contributed by atoms with van der Waals surface area (Å²) in [7, 11) is 0. The van der Waals surface area contributed by atoms with Crippen LogP contribution in [0.3, 0.4) is 0 Å². The number of carbonyl (C=O) groups excluding carboxylic acids is 2. The number of aromatic nitrogens is 1. The van der Waals surface area contributed by atoms with Gasteiger partial charge in [0.1, 0.15) is 0 Å². The zero-order valence-corrected chi connectivity index (χ0v) is 13.5. The van der Waals surface area contributed by atoms with E-state index in [1.54, 1.807) is 11.8 Å². The predicted octanol–water partition coefficient (Wildman–Crippen LogP) is 2.23. The number of nitrogens with one attached hydrogen (secondary N) is 2. The van der Waals surface area contributed by atoms with Crippen LogP contribution in [0.25, 0.3) is 10.9 Å². The van der Waals surface area contributed by atoms with Gasteiger partial charge in [-0.15, -0.1) is 0 Å². The molecule has 1 saturated carbocycles. The van der Waals surface area contributed by atoms with Crippen molar-refractivity contribution in [3.8, 4) is 0 Å². The minimum atomic E-state index is 0.0177. The van der Waals surface area contributed by atoms with Crippen LogP contribution >= 0.6 is 0 Å². The van der Waals surface area contributed by atoms with Crippen molar-refractivity contribution in [3.63, 3.8) is 0 Å². The summed E-state index contributed by atoms with van der Waals surface area (Å²) in [6, 6.07) is 8.53. The summed E-state index contributed by atoms with van der Waals surface area (Å²) in [5.41, 5.74) is 2.31. The van der Waals surface area contributed by atoms with E-state index in [0.29, 0.717) is 25.6 Å². The van der Waals surface area contributed by atoms with E-state index in [0.717, 1.165) is 24.8 Å². The molecule has 2 amide bonds. The summed E-state index contributed by atoms with van der Waals surface area (Å²) < 4.78 is 0. The third kappa shape index (κ3) is 4.12. The Hall–Kier alpha value is -2.30. The number of H-pyrrole nitrogens is 1. The Labute approximate surface area is 136 Å². The first-order valence-corrected chi connectivity index (χ1v) is 8.23. The third-order valence-corrected chi connectivity index (χ3v) is 4.32. The van der Waals surface area contributed by atoms with Crippen molar-refractivity contribution < 1.29 is 9.59 Å². The lowest BCUT2D eigenvalue weighted by Crippen LogP contribution is -2.35. The first kappa shape index (κ1) is 15.6. The molecule has 122 valence electrons. The van der Waals surface area contributed by atoms with Gasteiger partial charge in [-0.25, -0.2) is 0 Å². The van der Waals surface area contributed by atoms with Crippen molar-refractivity contribution in [1.29, 1.82) is 0 Å². The Morgan fingerprint density at radius 1 is 1.26 bits per heavy atom. The minimum Gasteiger partial charge on any atom is -0.361 e. The summed E-state index contributed by atoms with van der Waals surface area (Å²) in [6.07, 6.45) is 5.34. The van der Waals surface area contributed by atoms with Gasteiger partial charge in [0.2, 0.25) is 11.8 Å². The van der Waals surface area contributed by atoms with E-state index in [4.69, 9.17) is 0 Å².